The number of anilines is 2. The van der Waals surface area contributed by atoms with Gasteiger partial charge in [0.25, 0.3) is 5.91 Å². The van der Waals surface area contributed by atoms with E-state index in [0.717, 1.165) is 22.7 Å². The molecule has 0 saturated heterocycles. The zero-order valence-corrected chi connectivity index (χ0v) is 18.4. The van der Waals surface area contributed by atoms with Crippen LogP contribution >= 0.6 is 23.2 Å². The SMILES string of the molecule is COc1ccc(NC2=CC(c3cccc(Cl)c3Cl)N(c3ccc(OC)cc3)C2=O)cc1. The molecule has 0 aromatic heterocycles. The van der Waals surface area contributed by atoms with Crippen LogP contribution in [0.15, 0.2) is 78.5 Å². The quantitative estimate of drug-likeness (QED) is 0.489. The summed E-state index contributed by atoms with van der Waals surface area (Å²) in [6, 6.07) is 19.7. The summed E-state index contributed by atoms with van der Waals surface area (Å²) in [6.07, 6.45) is 1.86. The van der Waals surface area contributed by atoms with Gasteiger partial charge in [0.15, 0.2) is 0 Å². The van der Waals surface area contributed by atoms with Crippen LogP contribution in [-0.4, -0.2) is 20.1 Å². The van der Waals surface area contributed by atoms with Crippen LogP contribution in [0.25, 0.3) is 0 Å². The minimum Gasteiger partial charge on any atom is -0.497 e. The van der Waals surface area contributed by atoms with Crippen molar-refractivity contribution in [1.29, 1.82) is 0 Å². The van der Waals surface area contributed by atoms with Crippen molar-refractivity contribution in [3.63, 3.8) is 0 Å². The van der Waals surface area contributed by atoms with E-state index in [2.05, 4.69) is 5.32 Å². The van der Waals surface area contributed by atoms with Crippen LogP contribution < -0.4 is 19.7 Å². The summed E-state index contributed by atoms with van der Waals surface area (Å²) in [5, 5.41) is 4.07. The van der Waals surface area contributed by atoms with Crippen LogP contribution in [0.2, 0.25) is 10.0 Å². The molecule has 3 aromatic rings. The van der Waals surface area contributed by atoms with E-state index in [1.807, 2.05) is 66.7 Å². The molecule has 1 heterocycles. The molecule has 0 bridgehead atoms. The number of hydrogen-bond donors (Lipinski definition) is 1. The van der Waals surface area contributed by atoms with Crippen LogP contribution in [-0.2, 0) is 4.79 Å². The van der Waals surface area contributed by atoms with Crippen molar-refractivity contribution in [2.45, 2.75) is 6.04 Å². The van der Waals surface area contributed by atoms with Gasteiger partial charge in [-0.15, -0.1) is 0 Å². The lowest BCUT2D eigenvalue weighted by Crippen LogP contribution is -2.30. The molecule has 7 heteroatoms. The van der Waals surface area contributed by atoms with Gasteiger partial charge in [-0.3, -0.25) is 9.69 Å². The third kappa shape index (κ3) is 4.20. The molecule has 1 amide bonds. The Morgan fingerprint density at radius 1 is 0.871 bits per heavy atom. The van der Waals surface area contributed by atoms with Gasteiger partial charge in [-0.05, 0) is 66.2 Å². The summed E-state index contributed by atoms with van der Waals surface area (Å²) >= 11 is 12.8. The minimum atomic E-state index is -0.423. The van der Waals surface area contributed by atoms with Crippen molar-refractivity contribution in [2.75, 3.05) is 24.4 Å². The zero-order valence-electron chi connectivity index (χ0n) is 16.9. The second-order valence-corrected chi connectivity index (χ2v) is 7.68. The maximum absolute atomic E-state index is 13.4. The van der Waals surface area contributed by atoms with Crippen LogP contribution in [0.4, 0.5) is 11.4 Å². The Labute approximate surface area is 190 Å². The second-order valence-electron chi connectivity index (χ2n) is 6.89. The van der Waals surface area contributed by atoms with Crippen LogP contribution in [0.3, 0.4) is 0 Å². The lowest BCUT2D eigenvalue weighted by atomic mass is 10.1. The topological polar surface area (TPSA) is 50.8 Å². The summed E-state index contributed by atoms with van der Waals surface area (Å²) in [7, 11) is 3.21. The molecule has 0 aliphatic carbocycles. The van der Waals surface area contributed by atoms with Gasteiger partial charge in [-0.2, -0.15) is 0 Å². The highest BCUT2D eigenvalue weighted by atomic mass is 35.5. The molecule has 0 spiro atoms. The molecule has 4 rings (SSSR count). The fraction of sp³-hybridized carbons (Fsp3) is 0.125. The molecule has 1 atom stereocenters. The van der Waals surface area contributed by atoms with Crippen molar-refractivity contribution < 1.29 is 14.3 Å². The first-order valence-corrected chi connectivity index (χ1v) is 10.3. The second kappa shape index (κ2) is 8.92. The molecule has 0 fully saturated rings. The number of carbonyl (C=O) groups excluding carboxylic acids is 1. The van der Waals surface area contributed by atoms with E-state index in [4.69, 9.17) is 32.7 Å². The predicted octanol–water partition coefficient (Wildman–Crippen LogP) is 6.09. The Morgan fingerprint density at radius 2 is 1.48 bits per heavy atom. The van der Waals surface area contributed by atoms with E-state index < -0.39 is 6.04 Å². The van der Waals surface area contributed by atoms with Gasteiger partial charge in [0.1, 0.15) is 17.2 Å². The molecular formula is C24H20Cl2N2O3. The number of carbonyl (C=O) groups is 1. The average molecular weight is 455 g/mol. The first kappa shape index (κ1) is 21.1. The first-order valence-electron chi connectivity index (χ1n) is 9.56. The van der Waals surface area contributed by atoms with E-state index in [1.54, 1.807) is 25.2 Å². The minimum absolute atomic E-state index is 0.179. The number of nitrogens with zero attached hydrogens (tertiary/aromatic N) is 1. The Hall–Kier alpha value is -3.15. The number of halogens is 2. The Kier molecular flexibility index (Phi) is 6.07. The highest BCUT2D eigenvalue weighted by molar-refractivity contribution is 6.42. The number of methoxy groups -OCH3 is 2. The lowest BCUT2D eigenvalue weighted by Gasteiger charge is -2.26. The number of benzene rings is 3. The average Bonchev–Trinajstić information content (AvgIpc) is 3.12. The summed E-state index contributed by atoms with van der Waals surface area (Å²) < 4.78 is 10.4. The number of ether oxygens (including phenoxy) is 2. The molecule has 158 valence electrons. The van der Waals surface area contributed by atoms with E-state index >= 15 is 0 Å². The Balaban J connectivity index is 1.73. The van der Waals surface area contributed by atoms with Gasteiger partial charge >= 0.3 is 0 Å². The number of rotatable bonds is 6. The lowest BCUT2D eigenvalue weighted by molar-refractivity contribution is -0.114. The molecular weight excluding hydrogens is 435 g/mol. The maximum Gasteiger partial charge on any atom is 0.275 e. The van der Waals surface area contributed by atoms with Crippen molar-refractivity contribution in [3.8, 4) is 11.5 Å². The third-order valence-electron chi connectivity index (χ3n) is 5.07. The summed E-state index contributed by atoms with van der Waals surface area (Å²) in [6.45, 7) is 0. The van der Waals surface area contributed by atoms with E-state index in [0.29, 0.717) is 21.5 Å². The largest absolute Gasteiger partial charge is 0.497 e. The van der Waals surface area contributed by atoms with Crippen LogP contribution in [0.5, 0.6) is 11.5 Å². The monoisotopic (exact) mass is 454 g/mol. The van der Waals surface area contributed by atoms with E-state index in [1.165, 1.54) is 0 Å². The van der Waals surface area contributed by atoms with Crippen molar-refractivity contribution in [2.24, 2.45) is 0 Å². The molecule has 3 aromatic carbocycles. The van der Waals surface area contributed by atoms with Crippen LogP contribution in [0.1, 0.15) is 11.6 Å². The fourth-order valence-electron chi connectivity index (χ4n) is 3.48. The number of nitrogens with one attached hydrogen (secondary N) is 1. The first-order chi connectivity index (χ1) is 15.0. The van der Waals surface area contributed by atoms with Gasteiger partial charge in [0.2, 0.25) is 0 Å². The predicted molar refractivity (Wildman–Crippen MR) is 124 cm³/mol. The van der Waals surface area contributed by atoms with Crippen molar-refractivity contribution in [1.82, 2.24) is 0 Å². The molecule has 1 aliphatic heterocycles. The summed E-state index contributed by atoms with van der Waals surface area (Å²) in [4.78, 5) is 15.1. The molecule has 0 saturated carbocycles. The van der Waals surface area contributed by atoms with E-state index in [9.17, 15) is 4.79 Å². The van der Waals surface area contributed by atoms with Crippen LogP contribution in [0, 0.1) is 0 Å². The van der Waals surface area contributed by atoms with Gasteiger partial charge in [-0.1, -0.05) is 35.3 Å². The maximum atomic E-state index is 13.4. The molecule has 1 aliphatic rings. The molecule has 1 N–H and O–H groups in total. The zero-order chi connectivity index (χ0) is 22.0. The van der Waals surface area contributed by atoms with E-state index in [-0.39, 0.29) is 5.91 Å². The third-order valence-corrected chi connectivity index (χ3v) is 5.91. The van der Waals surface area contributed by atoms with Gasteiger partial charge in [0, 0.05) is 11.4 Å². The van der Waals surface area contributed by atoms with Gasteiger partial charge in [0.05, 0.1) is 30.3 Å². The molecule has 5 nitrogen and oxygen atoms in total. The molecule has 0 radical (unpaired) electrons. The Bertz CT molecular complexity index is 1130. The number of amides is 1. The highest BCUT2D eigenvalue weighted by Crippen LogP contribution is 2.41. The smallest absolute Gasteiger partial charge is 0.275 e. The van der Waals surface area contributed by atoms with Crippen molar-refractivity contribution >= 4 is 40.5 Å². The van der Waals surface area contributed by atoms with Gasteiger partial charge in [-0.25, -0.2) is 0 Å². The standard InChI is InChI=1S/C24H20Cl2N2O3/c1-30-17-10-6-15(7-11-17)27-21-14-22(19-4-3-5-20(25)23(19)26)28(24(21)29)16-8-12-18(31-2)13-9-16/h3-14,22,27H,1-2H3. The highest BCUT2D eigenvalue weighted by Gasteiger charge is 2.36. The summed E-state index contributed by atoms with van der Waals surface area (Å²) in [5.41, 5.74) is 2.68. The normalized spacial score (nSPS) is 15.6. The Morgan fingerprint density at radius 3 is 2.10 bits per heavy atom. The number of hydrogen-bond acceptors (Lipinski definition) is 4. The molecule has 1 unspecified atom stereocenters. The van der Waals surface area contributed by atoms with Crippen molar-refractivity contribution in [3.05, 3.63) is 94.1 Å². The van der Waals surface area contributed by atoms with Gasteiger partial charge < -0.3 is 14.8 Å². The fourth-order valence-corrected chi connectivity index (χ4v) is 3.90. The molecule has 31 heavy (non-hydrogen) atoms. The summed E-state index contributed by atoms with van der Waals surface area (Å²) in [5.74, 6) is 1.26.